The fraction of sp³-hybridized carbons (Fsp3) is 0.333. The lowest BCUT2D eigenvalue weighted by atomic mass is 9.76. The number of aryl methyl sites for hydroxylation is 8. The molecule has 0 aliphatic rings. The van der Waals surface area contributed by atoms with Crippen molar-refractivity contribution in [3.05, 3.63) is 115 Å². The van der Waals surface area contributed by atoms with Crippen LogP contribution in [0.15, 0.2) is 48.5 Å². The molecule has 0 aliphatic carbocycles. The molecule has 4 aromatic carbocycles. The maximum atomic E-state index is 9.96. The molecule has 0 aliphatic heterocycles. The molecule has 4 N–H and O–H groups in total. The van der Waals surface area contributed by atoms with Crippen molar-refractivity contribution in [1.29, 1.82) is 0 Å². The van der Waals surface area contributed by atoms with Crippen molar-refractivity contribution in [3.63, 3.8) is 0 Å². The van der Waals surface area contributed by atoms with Gasteiger partial charge >= 0.3 is 0 Å². The van der Waals surface area contributed by atoms with Gasteiger partial charge in [0.25, 0.3) is 0 Å². The van der Waals surface area contributed by atoms with Gasteiger partial charge in [-0.25, -0.2) is 0 Å². The highest BCUT2D eigenvalue weighted by molar-refractivity contribution is 5.51. The molecule has 0 unspecified atom stereocenters. The summed E-state index contributed by atoms with van der Waals surface area (Å²) in [7, 11) is 0. The molecule has 0 bridgehead atoms. The Balaban J connectivity index is 0.000000222. The van der Waals surface area contributed by atoms with Gasteiger partial charge in [0.1, 0.15) is 23.0 Å². The lowest BCUT2D eigenvalue weighted by molar-refractivity contribution is 0.464. The maximum Gasteiger partial charge on any atom is 0.121 e. The van der Waals surface area contributed by atoms with E-state index in [0.29, 0.717) is 23.0 Å². The van der Waals surface area contributed by atoms with Crippen molar-refractivity contribution in [3.8, 4) is 23.0 Å². The average Bonchev–Trinajstić information content (AvgIpc) is 2.87. The number of phenols is 4. The number of hydrogen-bond acceptors (Lipinski definition) is 4. The van der Waals surface area contributed by atoms with Crippen LogP contribution in [0.1, 0.15) is 80.6 Å². The van der Waals surface area contributed by atoms with E-state index in [9.17, 15) is 20.4 Å². The van der Waals surface area contributed by atoms with E-state index >= 15 is 0 Å². The second-order valence-electron chi connectivity index (χ2n) is 11.9. The van der Waals surface area contributed by atoms with Gasteiger partial charge in [-0.05, 0) is 129 Å². The Bertz CT molecular complexity index is 1350. The standard InChI is InChI=1S/C19H24O2.C17H20O2/c1-11-7-15(8-12(2)17(11)20)19(5,6)16-9-13(3)18(21)14(4)10-16;1-10-5-14(6-11(2)16(10)18)9-15-7-12(3)17(19)13(4)8-15/h7-10,20-21H,1-6H3;5-8,18-19H,9H2,1-4H3. The zero-order valence-corrected chi connectivity index (χ0v) is 25.6. The van der Waals surface area contributed by atoms with Crippen molar-refractivity contribution in [2.75, 3.05) is 0 Å². The molecule has 4 nitrogen and oxygen atoms in total. The monoisotopic (exact) mass is 540 g/mol. The zero-order valence-electron chi connectivity index (χ0n) is 25.6. The summed E-state index contributed by atoms with van der Waals surface area (Å²) in [5.74, 6) is 1.49. The summed E-state index contributed by atoms with van der Waals surface area (Å²) >= 11 is 0. The van der Waals surface area contributed by atoms with Gasteiger partial charge in [0.2, 0.25) is 0 Å². The first-order chi connectivity index (χ1) is 18.5. The molecule has 0 saturated heterocycles. The molecule has 0 heterocycles. The van der Waals surface area contributed by atoms with Gasteiger partial charge in [-0.2, -0.15) is 0 Å². The number of hydrogen-bond donors (Lipinski definition) is 4. The first kappa shape index (κ1) is 30.6. The zero-order chi connectivity index (χ0) is 30.1. The summed E-state index contributed by atoms with van der Waals surface area (Å²) in [5, 5.41) is 39.5. The lowest BCUT2D eigenvalue weighted by Crippen LogP contribution is -2.19. The number of phenolic OH excluding ortho intramolecular Hbond substituents is 4. The normalized spacial score (nSPS) is 11.2. The molecule has 0 fully saturated rings. The van der Waals surface area contributed by atoms with Gasteiger partial charge in [0.05, 0.1) is 0 Å². The summed E-state index contributed by atoms with van der Waals surface area (Å²) in [5.41, 5.74) is 11.7. The van der Waals surface area contributed by atoms with Gasteiger partial charge in [-0.1, -0.05) is 62.4 Å². The Labute approximate surface area is 239 Å². The second kappa shape index (κ2) is 11.7. The van der Waals surface area contributed by atoms with E-state index in [-0.39, 0.29) is 5.41 Å². The van der Waals surface area contributed by atoms with Gasteiger partial charge < -0.3 is 20.4 Å². The molecule has 0 aromatic heterocycles. The minimum atomic E-state index is -0.188. The van der Waals surface area contributed by atoms with Crippen LogP contribution in [0.2, 0.25) is 0 Å². The van der Waals surface area contributed by atoms with Gasteiger partial charge in [0, 0.05) is 5.41 Å². The van der Waals surface area contributed by atoms with Crippen LogP contribution in [0.25, 0.3) is 0 Å². The highest BCUT2D eigenvalue weighted by atomic mass is 16.3. The van der Waals surface area contributed by atoms with Gasteiger partial charge in [-0.15, -0.1) is 0 Å². The van der Waals surface area contributed by atoms with E-state index in [0.717, 1.165) is 50.9 Å². The van der Waals surface area contributed by atoms with Crippen LogP contribution in [0.4, 0.5) is 0 Å². The van der Waals surface area contributed by atoms with E-state index in [1.807, 2.05) is 104 Å². The summed E-state index contributed by atoms with van der Waals surface area (Å²) in [6, 6.07) is 16.2. The Hall–Kier alpha value is -3.92. The van der Waals surface area contributed by atoms with E-state index in [1.165, 1.54) is 22.3 Å². The summed E-state index contributed by atoms with van der Waals surface area (Å²) in [6.45, 7) is 19.7. The Morgan fingerprint density at radius 3 is 0.825 bits per heavy atom. The molecule has 0 saturated carbocycles. The average molecular weight is 541 g/mol. The van der Waals surface area contributed by atoms with Crippen LogP contribution in [0, 0.1) is 55.4 Å². The van der Waals surface area contributed by atoms with Crippen LogP contribution in [-0.2, 0) is 11.8 Å². The van der Waals surface area contributed by atoms with Gasteiger partial charge in [-0.3, -0.25) is 0 Å². The fourth-order valence-corrected chi connectivity index (χ4v) is 5.33. The summed E-state index contributed by atoms with van der Waals surface area (Å²) in [4.78, 5) is 0. The Morgan fingerprint density at radius 1 is 0.400 bits per heavy atom. The van der Waals surface area contributed by atoms with Crippen molar-refractivity contribution in [1.82, 2.24) is 0 Å². The van der Waals surface area contributed by atoms with Crippen LogP contribution in [0.5, 0.6) is 23.0 Å². The smallest absolute Gasteiger partial charge is 0.121 e. The van der Waals surface area contributed by atoms with Crippen LogP contribution < -0.4 is 0 Å². The molecule has 0 amide bonds. The van der Waals surface area contributed by atoms with Crippen LogP contribution >= 0.6 is 0 Å². The maximum absolute atomic E-state index is 9.96. The largest absolute Gasteiger partial charge is 0.507 e. The minimum Gasteiger partial charge on any atom is -0.507 e. The Kier molecular flexibility index (Phi) is 8.94. The van der Waals surface area contributed by atoms with Crippen molar-refractivity contribution < 1.29 is 20.4 Å². The molecular weight excluding hydrogens is 496 g/mol. The highest BCUT2D eigenvalue weighted by Crippen LogP contribution is 2.38. The lowest BCUT2D eigenvalue weighted by Gasteiger charge is -2.28. The van der Waals surface area contributed by atoms with Crippen molar-refractivity contribution in [2.45, 2.75) is 81.1 Å². The molecule has 0 spiro atoms. The molecule has 40 heavy (non-hydrogen) atoms. The highest BCUT2D eigenvalue weighted by Gasteiger charge is 2.25. The number of rotatable bonds is 4. The number of benzene rings is 4. The topological polar surface area (TPSA) is 80.9 Å². The molecule has 4 aromatic rings. The predicted octanol–water partition coefficient (Wildman–Crippen LogP) is 8.58. The molecular formula is C36H44O4. The summed E-state index contributed by atoms with van der Waals surface area (Å²) in [6.07, 6.45) is 0.809. The van der Waals surface area contributed by atoms with E-state index in [2.05, 4.69) is 13.8 Å². The van der Waals surface area contributed by atoms with Crippen LogP contribution in [0.3, 0.4) is 0 Å². The Morgan fingerprint density at radius 2 is 0.600 bits per heavy atom. The molecule has 212 valence electrons. The van der Waals surface area contributed by atoms with Crippen molar-refractivity contribution in [2.24, 2.45) is 0 Å². The third-order valence-corrected chi connectivity index (χ3v) is 7.94. The molecule has 4 rings (SSSR count). The quantitative estimate of drug-likeness (QED) is 0.209. The third-order valence-electron chi connectivity index (χ3n) is 7.94. The van der Waals surface area contributed by atoms with Crippen LogP contribution in [-0.4, -0.2) is 20.4 Å². The summed E-state index contributed by atoms with van der Waals surface area (Å²) < 4.78 is 0. The minimum absolute atomic E-state index is 0.188. The van der Waals surface area contributed by atoms with Gasteiger partial charge in [0.15, 0.2) is 0 Å². The van der Waals surface area contributed by atoms with E-state index < -0.39 is 0 Å². The van der Waals surface area contributed by atoms with Crippen molar-refractivity contribution >= 4 is 0 Å². The van der Waals surface area contributed by atoms with E-state index in [4.69, 9.17) is 0 Å². The fourth-order valence-electron chi connectivity index (χ4n) is 5.33. The molecule has 0 radical (unpaired) electrons. The first-order valence-corrected chi connectivity index (χ1v) is 13.7. The first-order valence-electron chi connectivity index (χ1n) is 13.7. The predicted molar refractivity (Wildman–Crippen MR) is 165 cm³/mol. The number of aromatic hydroxyl groups is 4. The second-order valence-corrected chi connectivity index (χ2v) is 11.9. The third kappa shape index (κ3) is 6.44. The SMILES string of the molecule is Cc1cc(C(C)(C)c2cc(C)c(O)c(C)c2)cc(C)c1O.Cc1cc(Cc2cc(C)c(O)c(C)c2)cc(C)c1O. The van der Waals surface area contributed by atoms with E-state index in [1.54, 1.807) is 0 Å². The molecule has 0 atom stereocenters. The molecule has 4 heteroatoms.